The summed E-state index contributed by atoms with van der Waals surface area (Å²) in [6, 6.07) is 8.76. The van der Waals surface area contributed by atoms with Crippen molar-refractivity contribution in [2.45, 2.75) is 167 Å². The smallest absolute Gasteiger partial charge is 0.222 e. The number of hydrogen-bond donors (Lipinski definition) is 2. The lowest BCUT2D eigenvalue weighted by atomic mass is 9.90. The Hall–Kier alpha value is -1.39. The van der Waals surface area contributed by atoms with Gasteiger partial charge in [-0.15, -0.1) is 0 Å². The maximum atomic E-state index is 13.0. The number of carbonyl (C=O) groups excluding carboxylic acids is 1. The van der Waals surface area contributed by atoms with E-state index < -0.39 is 5.54 Å². The summed E-state index contributed by atoms with van der Waals surface area (Å²) in [5.41, 5.74) is 1.65. The monoisotopic (exact) mass is 559 g/mol. The van der Waals surface area contributed by atoms with Gasteiger partial charge < -0.3 is 15.1 Å². The van der Waals surface area contributed by atoms with Crippen LogP contribution < -0.4 is 0 Å². The molecule has 232 valence electrons. The van der Waals surface area contributed by atoms with Crippen LogP contribution in [0.3, 0.4) is 0 Å². The minimum Gasteiger partial charge on any atom is -0.394 e. The maximum Gasteiger partial charge on any atom is 0.222 e. The first-order chi connectivity index (χ1) is 19.5. The van der Waals surface area contributed by atoms with E-state index in [0.29, 0.717) is 12.8 Å². The Balaban J connectivity index is 2.28. The number of amides is 1. The molecule has 0 saturated heterocycles. The van der Waals surface area contributed by atoms with Crippen molar-refractivity contribution in [1.29, 1.82) is 0 Å². The van der Waals surface area contributed by atoms with E-state index in [1.54, 1.807) is 11.9 Å². The molecule has 0 fully saturated rings. The maximum absolute atomic E-state index is 13.0. The van der Waals surface area contributed by atoms with Crippen LogP contribution in [0.2, 0.25) is 0 Å². The third-order valence-corrected chi connectivity index (χ3v) is 8.89. The van der Waals surface area contributed by atoms with Crippen molar-refractivity contribution in [3.05, 3.63) is 35.4 Å². The fourth-order valence-corrected chi connectivity index (χ4v) is 5.67. The van der Waals surface area contributed by atoms with Gasteiger partial charge in [-0.3, -0.25) is 4.79 Å². The zero-order valence-corrected chi connectivity index (χ0v) is 26.7. The molecule has 1 aromatic rings. The van der Waals surface area contributed by atoms with Crippen LogP contribution in [0.25, 0.3) is 0 Å². The number of nitrogens with zero attached hydrogens (tertiary/aromatic N) is 1. The van der Waals surface area contributed by atoms with Crippen molar-refractivity contribution in [1.82, 2.24) is 4.90 Å². The van der Waals surface area contributed by atoms with Crippen LogP contribution in [0.5, 0.6) is 0 Å². The fraction of sp³-hybridized carbons (Fsp3) is 0.806. The second-order valence-corrected chi connectivity index (χ2v) is 12.3. The largest absolute Gasteiger partial charge is 0.394 e. The van der Waals surface area contributed by atoms with Gasteiger partial charge in [0.2, 0.25) is 5.91 Å². The standard InChI is InChI=1S/C36H65NO3/c1-4-6-8-10-12-13-14-15-16-17-18-20-22-24-35(40)37(3)36(31-38,32-39)30-29-34-27-25-33(26-28-34)23-21-19-11-9-7-5-2/h25-28,38-39H,4-24,29-32H2,1-3H3. The Bertz CT molecular complexity index is 713. The molecule has 0 aliphatic rings. The Labute approximate surface area is 248 Å². The minimum absolute atomic E-state index is 0.0282. The molecule has 40 heavy (non-hydrogen) atoms. The topological polar surface area (TPSA) is 60.8 Å². The molecule has 0 aliphatic heterocycles. The van der Waals surface area contributed by atoms with Gasteiger partial charge in [0.15, 0.2) is 0 Å². The Morgan fingerprint density at radius 1 is 0.600 bits per heavy atom. The summed E-state index contributed by atoms with van der Waals surface area (Å²) in [6.07, 6.45) is 27.5. The number of unbranched alkanes of at least 4 members (excludes halogenated alkanes) is 17. The molecule has 0 spiro atoms. The van der Waals surface area contributed by atoms with Crippen LogP contribution in [0.1, 0.15) is 160 Å². The molecule has 2 N–H and O–H groups in total. The molecule has 0 aromatic heterocycles. The molecule has 0 radical (unpaired) electrons. The number of aliphatic hydroxyl groups excluding tert-OH is 2. The number of carbonyl (C=O) groups is 1. The number of hydrogen-bond acceptors (Lipinski definition) is 3. The van der Waals surface area contributed by atoms with E-state index in [0.717, 1.165) is 25.7 Å². The van der Waals surface area contributed by atoms with Crippen LogP contribution in [-0.2, 0) is 17.6 Å². The molecule has 0 saturated carbocycles. The van der Waals surface area contributed by atoms with Gasteiger partial charge in [0.1, 0.15) is 0 Å². The first kappa shape index (κ1) is 36.6. The van der Waals surface area contributed by atoms with E-state index in [2.05, 4.69) is 38.1 Å². The fourth-order valence-electron chi connectivity index (χ4n) is 5.67. The quantitative estimate of drug-likeness (QED) is 0.106. The van der Waals surface area contributed by atoms with Crippen LogP contribution >= 0.6 is 0 Å². The predicted molar refractivity (Wildman–Crippen MR) is 172 cm³/mol. The molecule has 4 nitrogen and oxygen atoms in total. The van der Waals surface area contributed by atoms with E-state index in [4.69, 9.17) is 0 Å². The van der Waals surface area contributed by atoms with Gasteiger partial charge >= 0.3 is 0 Å². The zero-order chi connectivity index (χ0) is 29.3. The highest BCUT2D eigenvalue weighted by molar-refractivity contribution is 5.76. The van der Waals surface area contributed by atoms with Crippen molar-refractivity contribution in [3.8, 4) is 0 Å². The van der Waals surface area contributed by atoms with Crippen molar-refractivity contribution < 1.29 is 15.0 Å². The lowest BCUT2D eigenvalue weighted by molar-refractivity contribution is -0.140. The molecule has 4 heteroatoms. The molecule has 1 aromatic carbocycles. The predicted octanol–water partition coefficient (Wildman–Crippen LogP) is 9.19. The highest BCUT2D eigenvalue weighted by Gasteiger charge is 2.35. The third kappa shape index (κ3) is 16.2. The van der Waals surface area contributed by atoms with E-state index in [1.807, 2.05) is 0 Å². The molecule has 0 unspecified atom stereocenters. The van der Waals surface area contributed by atoms with Gasteiger partial charge in [-0.2, -0.15) is 0 Å². The number of likely N-dealkylation sites (N-methyl/N-ethyl adjacent to an activating group) is 1. The van der Waals surface area contributed by atoms with Crippen molar-refractivity contribution in [3.63, 3.8) is 0 Å². The number of aliphatic hydroxyl groups is 2. The molecule has 0 atom stereocenters. The van der Waals surface area contributed by atoms with Gasteiger partial charge in [0.25, 0.3) is 0 Å². The van der Waals surface area contributed by atoms with Crippen LogP contribution in [0, 0.1) is 0 Å². The van der Waals surface area contributed by atoms with E-state index in [9.17, 15) is 15.0 Å². The van der Waals surface area contributed by atoms with Crippen LogP contribution in [0.4, 0.5) is 0 Å². The van der Waals surface area contributed by atoms with E-state index in [1.165, 1.54) is 120 Å². The Morgan fingerprint density at radius 3 is 1.40 bits per heavy atom. The van der Waals surface area contributed by atoms with Gasteiger partial charge in [-0.25, -0.2) is 0 Å². The Kier molecular flexibility index (Phi) is 22.2. The normalized spacial score (nSPS) is 11.7. The summed E-state index contributed by atoms with van der Waals surface area (Å²) >= 11 is 0. The summed E-state index contributed by atoms with van der Waals surface area (Å²) in [6.45, 7) is 4.08. The summed E-state index contributed by atoms with van der Waals surface area (Å²) in [5, 5.41) is 20.4. The summed E-state index contributed by atoms with van der Waals surface area (Å²) in [5.74, 6) is 0.0282. The first-order valence-corrected chi connectivity index (χ1v) is 17.1. The van der Waals surface area contributed by atoms with Crippen LogP contribution in [-0.4, -0.2) is 46.8 Å². The van der Waals surface area contributed by atoms with Crippen molar-refractivity contribution in [2.75, 3.05) is 20.3 Å². The molecular formula is C36H65NO3. The van der Waals surface area contributed by atoms with Crippen LogP contribution in [0.15, 0.2) is 24.3 Å². The number of aryl methyl sites for hydroxylation is 2. The lowest BCUT2D eigenvalue weighted by Crippen LogP contribution is -2.55. The van der Waals surface area contributed by atoms with Gasteiger partial charge in [0.05, 0.1) is 18.8 Å². The lowest BCUT2D eigenvalue weighted by Gasteiger charge is -2.39. The molecule has 0 bridgehead atoms. The van der Waals surface area contributed by atoms with E-state index >= 15 is 0 Å². The van der Waals surface area contributed by atoms with Crippen molar-refractivity contribution >= 4 is 5.91 Å². The molecular weight excluding hydrogens is 494 g/mol. The van der Waals surface area contributed by atoms with Gasteiger partial charge in [-0.05, 0) is 43.2 Å². The second-order valence-electron chi connectivity index (χ2n) is 12.3. The minimum atomic E-state index is -0.912. The average molecular weight is 560 g/mol. The summed E-state index contributed by atoms with van der Waals surface area (Å²) in [4.78, 5) is 14.6. The third-order valence-electron chi connectivity index (χ3n) is 8.89. The van der Waals surface area contributed by atoms with E-state index in [-0.39, 0.29) is 19.1 Å². The molecule has 0 heterocycles. The zero-order valence-electron chi connectivity index (χ0n) is 26.7. The molecule has 1 amide bonds. The Morgan fingerprint density at radius 2 is 0.975 bits per heavy atom. The van der Waals surface area contributed by atoms with Crippen molar-refractivity contribution in [2.24, 2.45) is 0 Å². The SMILES string of the molecule is CCCCCCCCCCCCCCCC(=O)N(C)C(CO)(CO)CCc1ccc(CCCCCCCC)cc1. The molecule has 1 rings (SSSR count). The average Bonchev–Trinajstić information content (AvgIpc) is 2.98. The molecule has 0 aliphatic carbocycles. The highest BCUT2D eigenvalue weighted by Crippen LogP contribution is 2.23. The van der Waals surface area contributed by atoms with Gasteiger partial charge in [-0.1, -0.05) is 147 Å². The van der Waals surface area contributed by atoms with Gasteiger partial charge in [0, 0.05) is 13.5 Å². The summed E-state index contributed by atoms with van der Waals surface area (Å²) < 4.78 is 0. The summed E-state index contributed by atoms with van der Waals surface area (Å²) in [7, 11) is 1.75. The second kappa shape index (κ2) is 24.2. The first-order valence-electron chi connectivity index (χ1n) is 17.1. The number of benzene rings is 1. The number of rotatable bonds is 27. The highest BCUT2D eigenvalue weighted by atomic mass is 16.3.